The van der Waals surface area contributed by atoms with Crippen LogP contribution in [0.1, 0.15) is 29.8 Å². The molecule has 3 saturated heterocycles. The van der Waals surface area contributed by atoms with Crippen molar-refractivity contribution in [2.45, 2.75) is 38.9 Å². The lowest BCUT2D eigenvalue weighted by Gasteiger charge is -2.36. The van der Waals surface area contributed by atoms with E-state index in [1.165, 1.54) is 31.5 Å². The average molecular weight is 373 g/mol. The van der Waals surface area contributed by atoms with Gasteiger partial charge >= 0.3 is 0 Å². The summed E-state index contributed by atoms with van der Waals surface area (Å²) in [6, 6.07) is 19.8. The maximum absolute atomic E-state index is 4.94. The van der Waals surface area contributed by atoms with Crippen LogP contribution in [0.5, 0.6) is 0 Å². The van der Waals surface area contributed by atoms with E-state index in [0.717, 1.165) is 48.0 Å². The van der Waals surface area contributed by atoms with Crippen molar-refractivity contribution < 1.29 is 0 Å². The monoisotopic (exact) mass is 372 g/mol. The Bertz CT molecular complexity index is 955. The van der Waals surface area contributed by atoms with Gasteiger partial charge in [-0.1, -0.05) is 42.5 Å². The van der Waals surface area contributed by atoms with E-state index in [1.54, 1.807) is 0 Å². The average Bonchev–Trinajstić information content (AvgIpc) is 3.00. The summed E-state index contributed by atoms with van der Waals surface area (Å²) in [6.07, 6.45) is 2.67. The van der Waals surface area contributed by atoms with Gasteiger partial charge in [-0.05, 0) is 43.4 Å². The molecule has 3 fully saturated rings. The van der Waals surface area contributed by atoms with Crippen LogP contribution >= 0.6 is 0 Å². The van der Waals surface area contributed by atoms with E-state index in [0.29, 0.717) is 6.04 Å². The third-order valence-electron chi connectivity index (χ3n) is 6.35. The second kappa shape index (κ2) is 7.61. The van der Waals surface area contributed by atoms with Crippen molar-refractivity contribution in [3.8, 4) is 0 Å². The van der Waals surface area contributed by atoms with Crippen LogP contribution in [0.25, 0.3) is 11.0 Å². The highest BCUT2D eigenvalue weighted by Crippen LogP contribution is 2.30. The van der Waals surface area contributed by atoms with Crippen molar-refractivity contribution in [2.75, 3.05) is 19.6 Å². The van der Waals surface area contributed by atoms with Crippen LogP contribution in [0.3, 0.4) is 0 Å². The largest absolute Gasteiger partial charge is 0.296 e. The van der Waals surface area contributed by atoms with Crippen molar-refractivity contribution in [3.63, 3.8) is 0 Å². The van der Waals surface area contributed by atoms with E-state index in [2.05, 4.69) is 53.1 Å². The zero-order valence-corrected chi connectivity index (χ0v) is 16.6. The molecule has 0 saturated carbocycles. The van der Waals surface area contributed by atoms with Gasteiger partial charge in [0.05, 0.1) is 22.4 Å². The zero-order valence-electron chi connectivity index (χ0n) is 16.6. The molecular weight excluding hydrogens is 344 g/mol. The molecule has 0 radical (unpaired) electrons. The van der Waals surface area contributed by atoms with Gasteiger partial charge in [-0.2, -0.15) is 0 Å². The molecule has 4 heteroatoms. The number of rotatable bonds is 4. The van der Waals surface area contributed by atoms with E-state index in [9.17, 15) is 0 Å². The molecule has 0 N–H and O–H groups in total. The molecule has 1 aromatic heterocycles. The summed E-state index contributed by atoms with van der Waals surface area (Å²) >= 11 is 0. The lowest BCUT2D eigenvalue weighted by Crippen LogP contribution is -2.43. The lowest BCUT2D eigenvalue weighted by molar-refractivity contribution is 0.123. The quantitative estimate of drug-likeness (QED) is 0.692. The first-order chi connectivity index (χ1) is 13.7. The maximum Gasteiger partial charge on any atom is 0.0890 e. The number of piperidine rings is 1. The molecule has 4 nitrogen and oxygen atoms in total. The highest BCUT2D eigenvalue weighted by atomic mass is 15.3. The summed E-state index contributed by atoms with van der Waals surface area (Å²) in [5.74, 6) is 0.760. The Balaban J connectivity index is 1.33. The van der Waals surface area contributed by atoms with Crippen molar-refractivity contribution in [1.29, 1.82) is 0 Å². The van der Waals surface area contributed by atoms with Crippen LogP contribution in [0, 0.1) is 12.8 Å². The molecule has 0 spiro atoms. The van der Waals surface area contributed by atoms with E-state index in [4.69, 9.17) is 9.97 Å². The van der Waals surface area contributed by atoms with Crippen LogP contribution in [0.15, 0.2) is 54.6 Å². The minimum absolute atomic E-state index is 0.646. The summed E-state index contributed by atoms with van der Waals surface area (Å²) < 4.78 is 0. The SMILES string of the molecule is Cc1nc2ccccc2nc1CN1CC2CCC(C1)N(Cc1ccccc1)C2. The van der Waals surface area contributed by atoms with E-state index < -0.39 is 0 Å². The Labute approximate surface area is 167 Å². The Morgan fingerprint density at radius 3 is 2.39 bits per heavy atom. The molecule has 2 atom stereocenters. The van der Waals surface area contributed by atoms with E-state index in [-0.39, 0.29) is 0 Å². The first-order valence-corrected chi connectivity index (χ1v) is 10.5. The highest BCUT2D eigenvalue weighted by Gasteiger charge is 2.34. The Hall–Kier alpha value is -2.30. The lowest BCUT2D eigenvalue weighted by atomic mass is 9.94. The summed E-state index contributed by atoms with van der Waals surface area (Å²) in [5, 5.41) is 0. The third kappa shape index (κ3) is 3.67. The Kier molecular flexibility index (Phi) is 4.83. The molecule has 2 aromatic carbocycles. The fourth-order valence-corrected chi connectivity index (χ4v) is 4.90. The summed E-state index contributed by atoms with van der Waals surface area (Å²) in [7, 11) is 0. The number of para-hydroxylation sites is 2. The number of hydrogen-bond donors (Lipinski definition) is 0. The fraction of sp³-hybridized carbons (Fsp3) is 0.417. The van der Waals surface area contributed by atoms with Crippen molar-refractivity contribution in [2.24, 2.45) is 5.92 Å². The molecule has 2 bridgehead atoms. The van der Waals surface area contributed by atoms with Crippen molar-refractivity contribution in [1.82, 2.24) is 19.8 Å². The topological polar surface area (TPSA) is 32.3 Å². The van der Waals surface area contributed by atoms with Crippen molar-refractivity contribution in [3.05, 3.63) is 71.5 Å². The minimum atomic E-state index is 0.646. The number of nitrogens with zero attached hydrogens (tertiary/aromatic N) is 4. The second-order valence-electron chi connectivity index (χ2n) is 8.45. The van der Waals surface area contributed by atoms with Crippen LogP contribution < -0.4 is 0 Å². The van der Waals surface area contributed by atoms with Gasteiger partial charge in [0.1, 0.15) is 0 Å². The van der Waals surface area contributed by atoms with Gasteiger partial charge in [-0.3, -0.25) is 9.80 Å². The number of hydrogen-bond acceptors (Lipinski definition) is 4. The van der Waals surface area contributed by atoms with Gasteiger partial charge < -0.3 is 0 Å². The zero-order chi connectivity index (χ0) is 18.9. The predicted molar refractivity (Wildman–Crippen MR) is 113 cm³/mol. The Morgan fingerprint density at radius 2 is 1.57 bits per heavy atom. The van der Waals surface area contributed by atoms with Crippen LogP contribution in [0.4, 0.5) is 0 Å². The van der Waals surface area contributed by atoms with E-state index >= 15 is 0 Å². The Morgan fingerprint density at radius 1 is 0.821 bits per heavy atom. The number of fused-ring (bicyclic) bond motifs is 5. The fourth-order valence-electron chi connectivity index (χ4n) is 4.90. The molecule has 0 aliphatic carbocycles. The highest BCUT2D eigenvalue weighted by molar-refractivity contribution is 5.74. The molecule has 3 aromatic rings. The molecule has 4 heterocycles. The normalized spacial score (nSPS) is 23.2. The molecular formula is C24H28N4. The summed E-state index contributed by atoms with van der Waals surface area (Å²) in [6.45, 7) is 7.62. The molecule has 28 heavy (non-hydrogen) atoms. The van der Waals surface area contributed by atoms with Gasteiger partial charge in [-0.15, -0.1) is 0 Å². The van der Waals surface area contributed by atoms with Crippen LogP contribution in [-0.4, -0.2) is 45.4 Å². The van der Waals surface area contributed by atoms with Gasteiger partial charge in [0.25, 0.3) is 0 Å². The van der Waals surface area contributed by atoms with Gasteiger partial charge in [0, 0.05) is 38.8 Å². The summed E-state index contributed by atoms with van der Waals surface area (Å²) in [5.41, 5.74) is 5.63. The van der Waals surface area contributed by atoms with Gasteiger partial charge in [-0.25, -0.2) is 9.97 Å². The molecule has 0 amide bonds. The smallest absolute Gasteiger partial charge is 0.0890 e. The molecule has 2 unspecified atom stereocenters. The number of benzene rings is 2. The molecule has 144 valence electrons. The van der Waals surface area contributed by atoms with Gasteiger partial charge in [0.15, 0.2) is 0 Å². The predicted octanol–water partition coefficient (Wildman–Crippen LogP) is 4.03. The third-order valence-corrected chi connectivity index (χ3v) is 6.35. The van der Waals surface area contributed by atoms with Crippen molar-refractivity contribution >= 4 is 11.0 Å². The first-order valence-electron chi connectivity index (χ1n) is 10.5. The minimum Gasteiger partial charge on any atom is -0.296 e. The van der Waals surface area contributed by atoms with Gasteiger partial charge in [0.2, 0.25) is 0 Å². The standard InChI is InChI=1S/C24H28N4/c1-18-24(26-23-10-6-5-9-22(23)25-18)17-27-13-20-11-12-21(16-27)28(15-20)14-19-7-3-2-4-8-19/h2-10,20-21H,11-17H2,1H3. The van der Waals surface area contributed by atoms with Crippen LogP contribution in [-0.2, 0) is 13.1 Å². The second-order valence-corrected chi connectivity index (χ2v) is 8.45. The van der Waals surface area contributed by atoms with Crippen LogP contribution in [0.2, 0.25) is 0 Å². The number of aromatic nitrogens is 2. The molecule has 3 aliphatic rings. The van der Waals surface area contributed by atoms with E-state index in [1.807, 2.05) is 18.2 Å². The molecule has 3 aliphatic heterocycles. The number of aryl methyl sites for hydroxylation is 1. The first kappa shape index (κ1) is 17.8. The maximum atomic E-state index is 4.94. The molecule has 6 rings (SSSR count). The summed E-state index contributed by atoms with van der Waals surface area (Å²) in [4.78, 5) is 15.1.